The van der Waals surface area contributed by atoms with Crippen LogP contribution in [0.1, 0.15) is 84.1 Å². The number of rotatable bonds is 13. The minimum atomic E-state index is -1.08. The fourth-order valence-corrected chi connectivity index (χ4v) is 5.80. The van der Waals surface area contributed by atoms with E-state index < -0.39 is 24.3 Å². The van der Waals surface area contributed by atoms with E-state index in [1.165, 1.54) is 0 Å². The van der Waals surface area contributed by atoms with E-state index in [4.69, 9.17) is 14.6 Å². The average molecular weight is 529 g/mol. The Labute approximate surface area is 226 Å². The van der Waals surface area contributed by atoms with Crippen molar-refractivity contribution in [3.8, 4) is 5.75 Å². The number of carboxylic acids is 1. The summed E-state index contributed by atoms with van der Waals surface area (Å²) in [6, 6.07) is 7.80. The number of carbonyl (C=O) groups is 2. The summed E-state index contributed by atoms with van der Waals surface area (Å²) in [4.78, 5) is 24.2. The summed E-state index contributed by atoms with van der Waals surface area (Å²) in [5.41, 5.74) is 2.22. The van der Waals surface area contributed by atoms with Gasteiger partial charge in [-0.05, 0) is 73.5 Å². The van der Waals surface area contributed by atoms with Crippen molar-refractivity contribution in [3.63, 3.8) is 0 Å². The first-order valence-electron chi connectivity index (χ1n) is 14.0. The quantitative estimate of drug-likeness (QED) is 0.294. The number of benzene rings is 1. The molecule has 0 fully saturated rings. The van der Waals surface area contributed by atoms with Crippen LogP contribution in [0, 0.1) is 17.8 Å². The number of carboxylic acid groups (broad SMARTS) is 1. The van der Waals surface area contributed by atoms with E-state index in [2.05, 4.69) is 39.0 Å². The Hall–Kier alpha value is -2.64. The number of aliphatic hydroxyl groups is 2. The molecule has 0 amide bonds. The third-order valence-electron chi connectivity index (χ3n) is 7.84. The highest BCUT2D eigenvalue weighted by molar-refractivity contribution is 5.75. The maximum atomic E-state index is 13.4. The zero-order chi connectivity index (χ0) is 27.8. The summed E-state index contributed by atoms with van der Waals surface area (Å²) >= 11 is 0. The number of carbonyl (C=O) groups excluding carboxylic acids is 1. The minimum absolute atomic E-state index is 0.0179. The second-order valence-corrected chi connectivity index (χ2v) is 11.1. The van der Waals surface area contributed by atoms with Crippen LogP contribution in [0.25, 0.3) is 0 Å². The number of esters is 1. The molecule has 0 saturated carbocycles. The number of aliphatic hydroxyl groups excluding tert-OH is 2. The monoisotopic (exact) mass is 528 g/mol. The lowest BCUT2D eigenvalue weighted by atomic mass is 9.66. The lowest BCUT2D eigenvalue weighted by Crippen LogP contribution is -2.42. The molecule has 0 heterocycles. The van der Waals surface area contributed by atoms with Gasteiger partial charge in [0.05, 0.1) is 18.6 Å². The molecule has 0 bridgehead atoms. The molecule has 0 radical (unpaired) electrons. The van der Waals surface area contributed by atoms with Gasteiger partial charge >= 0.3 is 11.9 Å². The normalized spacial score (nSPS) is 25.2. The maximum absolute atomic E-state index is 13.4. The average Bonchev–Trinajstić information content (AvgIpc) is 2.86. The molecular weight excluding hydrogens is 484 g/mol. The second-order valence-electron chi connectivity index (χ2n) is 11.1. The van der Waals surface area contributed by atoms with Gasteiger partial charge < -0.3 is 24.8 Å². The van der Waals surface area contributed by atoms with Crippen molar-refractivity contribution in [2.45, 2.75) is 103 Å². The van der Waals surface area contributed by atoms with Crippen LogP contribution >= 0.6 is 0 Å². The Bertz CT molecular complexity index is 998. The van der Waals surface area contributed by atoms with E-state index in [1.54, 1.807) is 0 Å². The molecule has 0 aliphatic heterocycles. The van der Waals surface area contributed by atoms with Gasteiger partial charge in [0.25, 0.3) is 0 Å². The first-order chi connectivity index (χ1) is 18.1. The fourth-order valence-electron chi connectivity index (χ4n) is 5.80. The first kappa shape index (κ1) is 29.9. The van der Waals surface area contributed by atoms with Crippen molar-refractivity contribution in [2.24, 2.45) is 17.8 Å². The van der Waals surface area contributed by atoms with Gasteiger partial charge in [0.1, 0.15) is 11.9 Å². The van der Waals surface area contributed by atoms with E-state index >= 15 is 0 Å². The summed E-state index contributed by atoms with van der Waals surface area (Å²) < 4.78 is 12.4. The first-order valence-corrected chi connectivity index (χ1v) is 14.0. The molecule has 0 saturated heterocycles. The van der Waals surface area contributed by atoms with Crippen LogP contribution in [0.3, 0.4) is 0 Å². The molecule has 7 heteroatoms. The number of aliphatic carboxylic acids is 1. The Morgan fingerprint density at radius 1 is 1.13 bits per heavy atom. The fraction of sp³-hybridized carbons (Fsp3) is 0.613. The number of fused-ring (bicyclic) bond motifs is 1. The molecular formula is C31H44O7. The van der Waals surface area contributed by atoms with Crippen LogP contribution in [0.4, 0.5) is 0 Å². The zero-order valence-electron chi connectivity index (χ0n) is 23.1. The smallest absolute Gasteiger partial charge is 0.347 e. The summed E-state index contributed by atoms with van der Waals surface area (Å²) in [7, 11) is 0. The van der Waals surface area contributed by atoms with Crippen LogP contribution in [0.5, 0.6) is 5.75 Å². The van der Waals surface area contributed by atoms with E-state index in [9.17, 15) is 19.8 Å². The van der Waals surface area contributed by atoms with Crippen LogP contribution in [0.2, 0.25) is 0 Å². The van der Waals surface area contributed by atoms with Gasteiger partial charge in [-0.25, -0.2) is 4.79 Å². The lowest BCUT2D eigenvalue weighted by Gasteiger charge is -2.42. The van der Waals surface area contributed by atoms with Gasteiger partial charge in [0, 0.05) is 5.92 Å². The van der Waals surface area contributed by atoms with Gasteiger partial charge in [-0.2, -0.15) is 0 Å². The van der Waals surface area contributed by atoms with Gasteiger partial charge in [0.2, 0.25) is 0 Å². The second kappa shape index (κ2) is 13.9. The number of para-hydroxylation sites is 1. The van der Waals surface area contributed by atoms with Crippen LogP contribution in [-0.4, -0.2) is 51.7 Å². The summed E-state index contributed by atoms with van der Waals surface area (Å²) in [6.07, 6.45) is 6.49. The largest absolute Gasteiger partial charge is 0.481 e. The van der Waals surface area contributed by atoms with Crippen molar-refractivity contribution in [3.05, 3.63) is 53.6 Å². The van der Waals surface area contributed by atoms with Crippen LogP contribution < -0.4 is 4.74 Å². The SMILES string of the molecule is CCC(Oc1ccccc1C(C)C)C(=O)OC1CCC=C2C=CC(C)C(CCC(O)CC(O)CC(=O)O)C21. The lowest BCUT2D eigenvalue weighted by molar-refractivity contribution is -0.162. The highest BCUT2D eigenvalue weighted by atomic mass is 16.6. The van der Waals surface area contributed by atoms with Crippen LogP contribution in [-0.2, 0) is 14.3 Å². The Morgan fingerprint density at radius 3 is 2.55 bits per heavy atom. The summed E-state index contributed by atoms with van der Waals surface area (Å²) in [5.74, 6) is -0.0647. The van der Waals surface area contributed by atoms with E-state index in [0.717, 1.165) is 24.0 Å². The van der Waals surface area contributed by atoms with Crippen molar-refractivity contribution >= 4 is 11.9 Å². The van der Waals surface area contributed by atoms with Crippen molar-refractivity contribution in [1.82, 2.24) is 0 Å². The third-order valence-corrected chi connectivity index (χ3v) is 7.84. The Morgan fingerprint density at radius 2 is 1.87 bits per heavy atom. The molecule has 1 aromatic carbocycles. The summed E-state index contributed by atoms with van der Waals surface area (Å²) in [6.45, 7) is 8.25. The van der Waals surface area contributed by atoms with Crippen molar-refractivity contribution in [2.75, 3.05) is 0 Å². The molecule has 0 spiro atoms. The third kappa shape index (κ3) is 7.93. The molecule has 3 rings (SSSR count). The minimum Gasteiger partial charge on any atom is -0.481 e. The maximum Gasteiger partial charge on any atom is 0.347 e. The predicted octanol–water partition coefficient (Wildman–Crippen LogP) is 5.40. The molecule has 2 aliphatic rings. The van der Waals surface area contributed by atoms with Gasteiger partial charge in [0.15, 0.2) is 6.10 Å². The van der Waals surface area contributed by atoms with E-state index in [0.29, 0.717) is 25.0 Å². The van der Waals surface area contributed by atoms with Crippen LogP contribution in [0.15, 0.2) is 48.1 Å². The van der Waals surface area contributed by atoms with E-state index in [1.807, 2.05) is 31.2 Å². The molecule has 38 heavy (non-hydrogen) atoms. The topological polar surface area (TPSA) is 113 Å². The molecule has 1 aromatic rings. The highest BCUT2D eigenvalue weighted by Gasteiger charge is 2.41. The molecule has 7 unspecified atom stereocenters. The van der Waals surface area contributed by atoms with Crippen molar-refractivity contribution < 1.29 is 34.4 Å². The zero-order valence-corrected chi connectivity index (χ0v) is 23.1. The van der Waals surface area contributed by atoms with Gasteiger partial charge in [-0.1, -0.05) is 64.1 Å². The standard InChI is InChI=1S/C31H44O7/c1-5-26(37-27-11-7-6-10-24(27)19(2)3)31(36)38-28-12-8-9-21-14-13-20(4)25(30(21)28)16-15-22(32)17-23(33)18-29(34)35/h6-7,9-11,13-14,19-20,22-23,25-26,28,30,32-33H,5,8,12,15-18H2,1-4H3,(H,34,35). The number of hydrogen-bond acceptors (Lipinski definition) is 6. The number of ether oxygens (including phenoxy) is 2. The Kier molecular flexibility index (Phi) is 11.0. The molecule has 210 valence electrons. The molecule has 3 N–H and O–H groups in total. The van der Waals surface area contributed by atoms with Gasteiger partial charge in [-0.15, -0.1) is 0 Å². The van der Waals surface area contributed by atoms with E-state index in [-0.39, 0.29) is 48.6 Å². The highest BCUT2D eigenvalue weighted by Crippen LogP contribution is 2.44. The summed E-state index contributed by atoms with van der Waals surface area (Å²) in [5, 5.41) is 29.2. The number of hydrogen-bond donors (Lipinski definition) is 3. The molecule has 0 aromatic heterocycles. The molecule has 2 aliphatic carbocycles. The van der Waals surface area contributed by atoms with Gasteiger partial charge in [-0.3, -0.25) is 4.79 Å². The Balaban J connectivity index is 1.69. The molecule has 7 atom stereocenters. The molecule has 7 nitrogen and oxygen atoms in total. The van der Waals surface area contributed by atoms with Crippen molar-refractivity contribution in [1.29, 1.82) is 0 Å². The number of allylic oxidation sites excluding steroid dienone is 3. The predicted molar refractivity (Wildman–Crippen MR) is 146 cm³/mol.